The van der Waals surface area contributed by atoms with Crippen LogP contribution in [-0.2, 0) is 4.74 Å². The fraction of sp³-hybridized carbons (Fsp3) is 0.429. The van der Waals surface area contributed by atoms with Crippen LogP contribution in [-0.4, -0.2) is 47.6 Å². The minimum Gasteiger partial charge on any atom is -0.444 e. The zero-order valence-electron chi connectivity index (χ0n) is 21.5. The molecule has 1 spiro atoms. The number of pyridine rings is 1. The molecule has 1 aliphatic heterocycles. The van der Waals surface area contributed by atoms with Gasteiger partial charge in [-0.2, -0.15) is 0 Å². The molecule has 1 aliphatic carbocycles. The Hall–Kier alpha value is -3.75. The van der Waals surface area contributed by atoms with Gasteiger partial charge in [-0.1, -0.05) is 0 Å². The molecule has 1 aromatic carbocycles. The highest BCUT2D eigenvalue weighted by Gasteiger charge is 2.54. The highest BCUT2D eigenvalue weighted by atomic mass is 19.1. The number of fused-ring (bicyclic) bond motifs is 2. The molecule has 9 heteroatoms. The Kier molecular flexibility index (Phi) is 5.19. The Morgan fingerprint density at radius 2 is 2.00 bits per heavy atom. The van der Waals surface area contributed by atoms with Gasteiger partial charge in [-0.15, -0.1) is 0 Å². The minimum absolute atomic E-state index is 0.0743. The lowest BCUT2D eigenvalue weighted by Crippen LogP contribution is -2.50. The van der Waals surface area contributed by atoms with Gasteiger partial charge in [0.2, 0.25) is 0 Å². The maximum atomic E-state index is 15.4. The van der Waals surface area contributed by atoms with Crippen LogP contribution >= 0.6 is 0 Å². The van der Waals surface area contributed by atoms with E-state index >= 15 is 4.39 Å². The van der Waals surface area contributed by atoms with Crippen molar-refractivity contribution in [1.29, 1.82) is 0 Å². The number of piperidine rings is 1. The Bertz CT molecular complexity index is 1610. The van der Waals surface area contributed by atoms with Crippen LogP contribution in [0.2, 0.25) is 0 Å². The predicted octanol–water partition coefficient (Wildman–Crippen LogP) is 5.26. The van der Waals surface area contributed by atoms with Crippen LogP contribution in [0.15, 0.2) is 47.8 Å². The third-order valence-electron chi connectivity index (χ3n) is 7.45. The van der Waals surface area contributed by atoms with E-state index in [1.54, 1.807) is 29.1 Å². The van der Waals surface area contributed by atoms with Gasteiger partial charge in [0.05, 0.1) is 23.0 Å². The van der Waals surface area contributed by atoms with Gasteiger partial charge in [0, 0.05) is 42.3 Å². The van der Waals surface area contributed by atoms with Gasteiger partial charge < -0.3 is 18.6 Å². The third-order valence-corrected chi connectivity index (χ3v) is 7.45. The molecular formula is C28H30FN5O3. The van der Waals surface area contributed by atoms with Gasteiger partial charge in [-0.25, -0.2) is 14.2 Å². The zero-order chi connectivity index (χ0) is 26.1. The monoisotopic (exact) mass is 503 g/mol. The molecular weight excluding hydrogens is 473 g/mol. The number of aryl methyl sites for hydroxylation is 1. The van der Waals surface area contributed by atoms with Gasteiger partial charge in [0.15, 0.2) is 5.65 Å². The molecule has 2 aliphatic rings. The number of hydrogen-bond acceptors (Lipinski definition) is 5. The Morgan fingerprint density at radius 3 is 2.73 bits per heavy atom. The summed E-state index contributed by atoms with van der Waals surface area (Å²) in [6.45, 7) is 7.99. The topological polar surface area (TPSA) is 81.7 Å². The van der Waals surface area contributed by atoms with Crippen LogP contribution < -0.4 is 5.56 Å². The number of aromatic nitrogens is 4. The van der Waals surface area contributed by atoms with Crippen LogP contribution in [0, 0.1) is 12.7 Å². The maximum Gasteiger partial charge on any atom is 0.410 e. The summed E-state index contributed by atoms with van der Waals surface area (Å²) in [5, 5.41) is 0.609. The van der Waals surface area contributed by atoms with Gasteiger partial charge in [0.1, 0.15) is 11.4 Å². The molecule has 1 saturated heterocycles. The summed E-state index contributed by atoms with van der Waals surface area (Å²) in [7, 11) is 0. The van der Waals surface area contributed by atoms with Crippen molar-refractivity contribution < 1.29 is 13.9 Å². The summed E-state index contributed by atoms with van der Waals surface area (Å²) in [5.74, 6) is -0.567. The number of nitrogens with zero attached hydrogens (tertiary/aromatic N) is 5. The molecule has 1 atom stereocenters. The van der Waals surface area contributed by atoms with Gasteiger partial charge in [-0.05, 0) is 77.0 Å². The summed E-state index contributed by atoms with van der Waals surface area (Å²) in [4.78, 5) is 36.9. The Balaban J connectivity index is 1.31. The van der Waals surface area contributed by atoms with Gasteiger partial charge >= 0.3 is 6.09 Å². The number of likely N-dealkylation sites (tertiary alicyclic amines) is 1. The molecule has 3 aromatic heterocycles. The average Bonchev–Trinajstić information content (AvgIpc) is 3.46. The fourth-order valence-corrected chi connectivity index (χ4v) is 5.58. The molecule has 8 nitrogen and oxygen atoms in total. The van der Waals surface area contributed by atoms with E-state index < -0.39 is 11.4 Å². The van der Waals surface area contributed by atoms with Gasteiger partial charge in [0.25, 0.3) is 5.56 Å². The van der Waals surface area contributed by atoms with E-state index in [1.165, 1.54) is 6.07 Å². The summed E-state index contributed by atoms with van der Waals surface area (Å²) in [6, 6.07) is 4.86. The Labute approximate surface area is 213 Å². The second-order valence-electron chi connectivity index (χ2n) is 11.4. The second-order valence-corrected chi connectivity index (χ2v) is 11.4. The number of hydrogen-bond donors (Lipinski definition) is 0. The number of ether oxygens (including phenoxy) is 1. The number of amides is 1. The highest BCUT2D eigenvalue weighted by Crippen LogP contribution is 2.51. The van der Waals surface area contributed by atoms with Crippen molar-refractivity contribution in [2.24, 2.45) is 0 Å². The Morgan fingerprint density at radius 1 is 1.22 bits per heavy atom. The molecule has 1 amide bonds. The lowest BCUT2D eigenvalue weighted by atomic mass is 9.94. The second kappa shape index (κ2) is 8.13. The number of rotatable bonds is 2. The summed E-state index contributed by atoms with van der Waals surface area (Å²) < 4.78 is 24.5. The average molecular weight is 504 g/mol. The number of carbonyl (C=O) groups excluding carboxylic acids is 1. The number of carbonyl (C=O) groups is 1. The molecule has 0 radical (unpaired) electrons. The van der Waals surface area contributed by atoms with E-state index in [0.717, 1.165) is 24.2 Å². The minimum atomic E-state index is -0.567. The molecule has 6 rings (SSSR count). The lowest BCUT2D eigenvalue weighted by molar-refractivity contribution is 0.000498. The van der Waals surface area contributed by atoms with Crippen molar-refractivity contribution in [1.82, 2.24) is 23.8 Å². The molecule has 4 aromatic rings. The lowest BCUT2D eigenvalue weighted by Gasteiger charge is -2.41. The first-order chi connectivity index (χ1) is 17.5. The van der Waals surface area contributed by atoms with E-state index in [0.29, 0.717) is 36.0 Å². The van der Waals surface area contributed by atoms with E-state index in [1.807, 2.05) is 49.4 Å². The SMILES string of the molecule is Cc1cn2cc(-c3cc(F)c4c(=O)n(C5CCN(C(=O)OC(C)(C)C)C6(CC6)C5)ccc4c3)ncc2n1. The smallest absolute Gasteiger partial charge is 0.410 e. The number of imidazole rings is 1. The quantitative estimate of drug-likeness (QED) is 0.373. The van der Waals surface area contributed by atoms with Crippen LogP contribution in [0.1, 0.15) is 58.2 Å². The first-order valence-corrected chi connectivity index (χ1v) is 12.7. The summed E-state index contributed by atoms with van der Waals surface area (Å²) in [6.07, 6.45) is 9.85. The molecule has 0 bridgehead atoms. The van der Waals surface area contributed by atoms with E-state index in [2.05, 4.69) is 9.97 Å². The van der Waals surface area contributed by atoms with Crippen LogP contribution in [0.4, 0.5) is 9.18 Å². The van der Waals surface area contributed by atoms with Crippen molar-refractivity contribution in [3.8, 4) is 11.3 Å². The first kappa shape index (κ1) is 23.6. The molecule has 37 heavy (non-hydrogen) atoms. The first-order valence-electron chi connectivity index (χ1n) is 12.7. The summed E-state index contributed by atoms with van der Waals surface area (Å²) >= 11 is 0. The normalized spacial score (nSPS) is 19.1. The van der Waals surface area contributed by atoms with Crippen LogP contribution in [0.25, 0.3) is 27.7 Å². The number of benzene rings is 1. The van der Waals surface area contributed by atoms with Crippen molar-refractivity contribution in [3.05, 3.63) is 64.9 Å². The molecule has 192 valence electrons. The van der Waals surface area contributed by atoms with Crippen LogP contribution in [0.3, 0.4) is 0 Å². The van der Waals surface area contributed by atoms with Crippen molar-refractivity contribution in [3.63, 3.8) is 0 Å². The molecule has 2 fully saturated rings. The molecule has 0 N–H and O–H groups in total. The highest BCUT2D eigenvalue weighted by molar-refractivity contribution is 5.86. The fourth-order valence-electron chi connectivity index (χ4n) is 5.58. The van der Waals surface area contributed by atoms with E-state index in [-0.39, 0.29) is 28.6 Å². The standard InChI is InChI=1S/C28H30FN5O3/c1-17-15-32-16-22(30-14-23(32)31-17)19-11-18-5-9-33(25(35)24(18)21(29)12-19)20-6-10-34(28(13-20)7-8-28)26(36)37-27(2,3)4/h5,9,11-12,14-16,20H,6-8,10,13H2,1-4H3. The maximum absolute atomic E-state index is 15.4. The molecule has 1 unspecified atom stereocenters. The van der Waals surface area contributed by atoms with Crippen molar-refractivity contribution >= 4 is 22.5 Å². The predicted molar refractivity (Wildman–Crippen MR) is 138 cm³/mol. The molecule has 4 heterocycles. The largest absolute Gasteiger partial charge is 0.444 e. The van der Waals surface area contributed by atoms with Crippen molar-refractivity contribution in [2.75, 3.05) is 6.54 Å². The van der Waals surface area contributed by atoms with Crippen molar-refractivity contribution in [2.45, 2.75) is 70.6 Å². The van der Waals surface area contributed by atoms with Gasteiger partial charge in [-0.3, -0.25) is 9.78 Å². The summed E-state index contributed by atoms with van der Waals surface area (Å²) in [5.41, 5.74) is 1.60. The zero-order valence-corrected chi connectivity index (χ0v) is 21.5. The number of halogens is 1. The third kappa shape index (κ3) is 4.16. The van der Waals surface area contributed by atoms with E-state index in [9.17, 15) is 9.59 Å². The van der Waals surface area contributed by atoms with Crippen LogP contribution in [0.5, 0.6) is 0 Å². The molecule has 1 saturated carbocycles. The van der Waals surface area contributed by atoms with E-state index in [4.69, 9.17) is 4.74 Å².